The van der Waals surface area contributed by atoms with E-state index in [1.807, 2.05) is 60.8 Å². The summed E-state index contributed by atoms with van der Waals surface area (Å²) in [5.41, 5.74) is 2.67. The van der Waals surface area contributed by atoms with Crippen molar-refractivity contribution >= 4 is 28.7 Å². The van der Waals surface area contributed by atoms with Gasteiger partial charge in [-0.1, -0.05) is 36.8 Å². The fourth-order valence-corrected chi connectivity index (χ4v) is 3.89. The predicted octanol–water partition coefficient (Wildman–Crippen LogP) is 5.72. The number of nitrogens with one attached hydrogen (secondary N) is 2. The Balaban J connectivity index is 1.39. The van der Waals surface area contributed by atoms with Crippen molar-refractivity contribution in [2.75, 3.05) is 10.6 Å². The molecule has 126 valence electrons. The maximum absolute atomic E-state index is 12.0. The smallest absolute Gasteiger partial charge is 0.308 e. The van der Waals surface area contributed by atoms with Crippen molar-refractivity contribution in [1.82, 2.24) is 4.98 Å². The number of rotatable bonds is 4. The van der Waals surface area contributed by atoms with Crippen LogP contribution in [0.15, 0.2) is 60.8 Å². The molecule has 5 heteroatoms. The van der Waals surface area contributed by atoms with Crippen molar-refractivity contribution in [1.29, 1.82) is 0 Å². The number of thiazole rings is 1. The largest absolute Gasteiger partial charge is 0.323 e. The average molecular weight is 349 g/mol. The van der Waals surface area contributed by atoms with Gasteiger partial charge >= 0.3 is 6.03 Å². The van der Waals surface area contributed by atoms with E-state index in [-0.39, 0.29) is 6.03 Å². The van der Waals surface area contributed by atoms with Gasteiger partial charge in [0.05, 0.1) is 9.88 Å². The lowest BCUT2D eigenvalue weighted by atomic mass is 9.86. The number of hydrogen-bond acceptors (Lipinski definition) is 3. The maximum atomic E-state index is 12.0. The third kappa shape index (κ3) is 3.72. The number of carbonyl (C=O) groups is 1. The molecule has 0 radical (unpaired) electrons. The molecule has 0 aliphatic heterocycles. The summed E-state index contributed by atoms with van der Waals surface area (Å²) in [5, 5.41) is 6.91. The Hall–Kier alpha value is -2.66. The van der Waals surface area contributed by atoms with Crippen molar-refractivity contribution in [2.45, 2.75) is 25.2 Å². The Morgan fingerprint density at radius 1 is 0.960 bits per heavy atom. The molecule has 0 unspecified atom stereocenters. The van der Waals surface area contributed by atoms with Crippen LogP contribution >= 0.6 is 11.3 Å². The summed E-state index contributed by atoms with van der Waals surface area (Å²) >= 11 is 1.78. The summed E-state index contributed by atoms with van der Waals surface area (Å²) in [7, 11) is 0. The van der Waals surface area contributed by atoms with E-state index >= 15 is 0 Å². The van der Waals surface area contributed by atoms with Gasteiger partial charge in [0.15, 0.2) is 0 Å². The Kier molecular flexibility index (Phi) is 4.48. The molecule has 4 nitrogen and oxygen atoms in total. The predicted molar refractivity (Wildman–Crippen MR) is 103 cm³/mol. The molecule has 3 aromatic rings. The molecule has 25 heavy (non-hydrogen) atoms. The zero-order chi connectivity index (χ0) is 17.1. The fourth-order valence-electron chi connectivity index (χ4n) is 2.80. The van der Waals surface area contributed by atoms with E-state index < -0.39 is 0 Å². The van der Waals surface area contributed by atoms with Crippen LogP contribution in [0.5, 0.6) is 0 Å². The van der Waals surface area contributed by atoms with Crippen molar-refractivity contribution in [2.24, 2.45) is 0 Å². The fraction of sp³-hybridized carbons (Fsp3) is 0.200. The summed E-state index contributed by atoms with van der Waals surface area (Å²) in [6.45, 7) is 0. The van der Waals surface area contributed by atoms with Crippen LogP contribution in [0.4, 0.5) is 16.2 Å². The summed E-state index contributed by atoms with van der Waals surface area (Å²) in [5.74, 6) is 0.668. The van der Waals surface area contributed by atoms with Gasteiger partial charge in [0.2, 0.25) is 0 Å². The summed E-state index contributed by atoms with van der Waals surface area (Å²) in [6, 6.07) is 17.0. The highest BCUT2D eigenvalue weighted by Crippen LogP contribution is 2.40. The van der Waals surface area contributed by atoms with E-state index in [9.17, 15) is 4.79 Å². The van der Waals surface area contributed by atoms with E-state index in [4.69, 9.17) is 0 Å². The average Bonchev–Trinajstić information content (AvgIpc) is 3.04. The second-order valence-corrected chi connectivity index (χ2v) is 7.28. The highest BCUT2D eigenvalue weighted by atomic mass is 32.1. The van der Waals surface area contributed by atoms with Gasteiger partial charge < -0.3 is 10.6 Å². The molecule has 1 heterocycles. The molecular weight excluding hydrogens is 330 g/mol. The number of hydrogen-bond donors (Lipinski definition) is 2. The third-order valence-electron chi connectivity index (χ3n) is 4.44. The molecule has 1 aromatic heterocycles. The van der Waals surface area contributed by atoms with Gasteiger partial charge in [-0.3, -0.25) is 0 Å². The quantitative estimate of drug-likeness (QED) is 0.633. The normalized spacial score (nSPS) is 13.9. The van der Waals surface area contributed by atoms with Gasteiger partial charge in [-0.25, -0.2) is 9.78 Å². The summed E-state index contributed by atoms with van der Waals surface area (Å²) in [6.07, 6.45) is 5.83. The number of nitrogens with zero attached hydrogens (tertiary/aromatic N) is 1. The van der Waals surface area contributed by atoms with E-state index in [1.54, 1.807) is 11.3 Å². The lowest BCUT2D eigenvalue weighted by Crippen LogP contribution is -2.19. The second-order valence-electron chi connectivity index (χ2n) is 6.21. The van der Waals surface area contributed by atoms with Crippen LogP contribution in [0, 0.1) is 0 Å². The number of benzene rings is 2. The van der Waals surface area contributed by atoms with Gasteiger partial charge in [-0.05, 0) is 42.7 Å². The van der Waals surface area contributed by atoms with Crippen molar-refractivity contribution in [3.63, 3.8) is 0 Å². The van der Waals surface area contributed by atoms with Crippen LogP contribution in [0.2, 0.25) is 0 Å². The van der Waals surface area contributed by atoms with Gasteiger partial charge in [-0.15, -0.1) is 11.3 Å². The minimum Gasteiger partial charge on any atom is -0.308 e. The van der Waals surface area contributed by atoms with Crippen LogP contribution in [0.25, 0.3) is 10.4 Å². The topological polar surface area (TPSA) is 54.0 Å². The minimum atomic E-state index is -0.246. The Morgan fingerprint density at radius 3 is 2.28 bits per heavy atom. The molecule has 1 fully saturated rings. The highest BCUT2D eigenvalue weighted by molar-refractivity contribution is 7.15. The molecule has 0 bridgehead atoms. The van der Waals surface area contributed by atoms with Crippen LogP contribution in [-0.4, -0.2) is 11.0 Å². The number of aromatic nitrogens is 1. The number of urea groups is 1. The van der Waals surface area contributed by atoms with Crippen LogP contribution < -0.4 is 10.6 Å². The first-order valence-electron chi connectivity index (χ1n) is 8.47. The lowest BCUT2D eigenvalue weighted by Gasteiger charge is -2.22. The minimum absolute atomic E-state index is 0.246. The molecular formula is C20H19N3OS. The number of anilines is 2. The molecule has 0 spiro atoms. The zero-order valence-electron chi connectivity index (χ0n) is 13.7. The van der Waals surface area contributed by atoms with E-state index in [0.29, 0.717) is 5.92 Å². The van der Waals surface area contributed by atoms with Crippen LogP contribution in [0.1, 0.15) is 30.2 Å². The lowest BCUT2D eigenvalue weighted by molar-refractivity contribution is 0.262. The molecule has 0 atom stereocenters. The van der Waals surface area contributed by atoms with Gasteiger partial charge in [0, 0.05) is 23.5 Å². The standard InChI is InChI=1S/C20H19N3OS/c24-20(22-16-7-2-1-3-8-16)23-17-11-9-14(10-12-17)18-13-21-19(25-18)15-5-4-6-15/h1-3,7-13,15H,4-6H2,(H2,22,23,24). The third-order valence-corrected chi connectivity index (χ3v) is 5.65. The first kappa shape index (κ1) is 15.8. The first-order chi connectivity index (χ1) is 12.3. The molecule has 2 N–H and O–H groups in total. The van der Waals surface area contributed by atoms with Gasteiger partial charge in [-0.2, -0.15) is 0 Å². The zero-order valence-corrected chi connectivity index (χ0v) is 14.6. The van der Waals surface area contributed by atoms with Crippen LogP contribution in [-0.2, 0) is 0 Å². The Bertz CT molecular complexity index is 854. The molecule has 4 rings (SSSR count). The maximum Gasteiger partial charge on any atom is 0.323 e. The molecule has 1 aliphatic rings. The highest BCUT2D eigenvalue weighted by Gasteiger charge is 2.22. The monoisotopic (exact) mass is 349 g/mol. The first-order valence-corrected chi connectivity index (χ1v) is 9.29. The molecule has 1 aliphatic carbocycles. The molecule has 1 saturated carbocycles. The van der Waals surface area contributed by atoms with Gasteiger partial charge in [0.25, 0.3) is 0 Å². The van der Waals surface area contributed by atoms with Crippen molar-refractivity contribution in [3.05, 3.63) is 65.8 Å². The molecule has 2 amide bonds. The Labute approximate surface area is 150 Å². The Morgan fingerprint density at radius 2 is 1.64 bits per heavy atom. The number of carbonyl (C=O) groups excluding carboxylic acids is 1. The molecule has 0 saturated heterocycles. The van der Waals surface area contributed by atoms with E-state index in [1.165, 1.54) is 29.1 Å². The second kappa shape index (κ2) is 7.07. The molecule has 2 aromatic carbocycles. The SMILES string of the molecule is O=C(Nc1ccccc1)Nc1ccc(-c2cnc(C3CCC3)s2)cc1. The van der Waals surface area contributed by atoms with E-state index in [2.05, 4.69) is 15.6 Å². The van der Waals surface area contributed by atoms with Crippen LogP contribution in [0.3, 0.4) is 0 Å². The van der Waals surface area contributed by atoms with Crippen molar-refractivity contribution in [3.8, 4) is 10.4 Å². The van der Waals surface area contributed by atoms with Gasteiger partial charge in [0.1, 0.15) is 0 Å². The van der Waals surface area contributed by atoms with Crippen molar-refractivity contribution < 1.29 is 4.79 Å². The number of para-hydroxylation sites is 1. The summed E-state index contributed by atoms with van der Waals surface area (Å²) < 4.78 is 0. The number of amides is 2. The van der Waals surface area contributed by atoms with E-state index in [0.717, 1.165) is 16.9 Å². The summed E-state index contributed by atoms with van der Waals surface area (Å²) in [4.78, 5) is 17.8.